The zero-order valence-corrected chi connectivity index (χ0v) is 13.5. The number of benzene rings is 2. The van der Waals surface area contributed by atoms with Crippen LogP contribution in [0.4, 0.5) is 0 Å². The minimum absolute atomic E-state index is 0.00723. The zero-order valence-electron chi connectivity index (χ0n) is 13.5. The Bertz CT molecular complexity index is 1080. The molecule has 1 aliphatic heterocycles. The number of nitrogens with one attached hydrogen (secondary N) is 1. The van der Waals surface area contributed by atoms with Crippen molar-refractivity contribution in [1.82, 2.24) is 4.98 Å². The van der Waals surface area contributed by atoms with Crippen LogP contribution >= 0.6 is 0 Å². The fraction of sp³-hybridized carbons (Fsp3) is 0.105. The Hall–Kier alpha value is -3.61. The lowest BCUT2D eigenvalue weighted by molar-refractivity contribution is 0.0469. The summed E-state index contributed by atoms with van der Waals surface area (Å²) < 4.78 is 15.4. The maximum absolute atomic E-state index is 12.2. The van der Waals surface area contributed by atoms with Crippen molar-refractivity contribution in [2.45, 2.75) is 0 Å². The number of pyridine rings is 1. The van der Waals surface area contributed by atoms with E-state index in [0.717, 1.165) is 0 Å². The van der Waals surface area contributed by atoms with Crippen LogP contribution in [-0.2, 0) is 4.74 Å². The van der Waals surface area contributed by atoms with E-state index in [1.807, 2.05) is 0 Å². The molecule has 26 heavy (non-hydrogen) atoms. The third-order valence-corrected chi connectivity index (χ3v) is 4.00. The molecule has 0 bridgehead atoms. The molecular weight excluding hydrogens is 338 g/mol. The molecule has 2 aromatic carbocycles. The van der Waals surface area contributed by atoms with E-state index < -0.39 is 18.1 Å². The quantitative estimate of drug-likeness (QED) is 0.572. The van der Waals surface area contributed by atoms with Crippen LogP contribution in [0.25, 0.3) is 10.8 Å². The molecule has 4 rings (SSSR count). The summed E-state index contributed by atoms with van der Waals surface area (Å²) in [5, 5.41) is 1.09. The minimum atomic E-state index is -0.776. The van der Waals surface area contributed by atoms with Crippen molar-refractivity contribution in [1.29, 1.82) is 0 Å². The molecule has 2 heterocycles. The average molecular weight is 351 g/mol. The van der Waals surface area contributed by atoms with Gasteiger partial charge in [-0.2, -0.15) is 0 Å². The molecular formula is C19H13NO6. The molecule has 0 aliphatic carbocycles. The second-order valence-corrected chi connectivity index (χ2v) is 5.67. The Balaban J connectivity index is 1.48. The summed E-state index contributed by atoms with van der Waals surface area (Å²) in [6.45, 7) is -0.343. The van der Waals surface area contributed by atoms with Crippen molar-refractivity contribution < 1.29 is 23.8 Å². The molecule has 7 nitrogen and oxygen atoms in total. The van der Waals surface area contributed by atoms with Gasteiger partial charge in [0, 0.05) is 10.9 Å². The summed E-state index contributed by atoms with van der Waals surface area (Å²) in [7, 11) is 0. The normalized spacial score (nSPS) is 12.2. The van der Waals surface area contributed by atoms with Gasteiger partial charge >= 0.3 is 5.97 Å². The predicted octanol–water partition coefficient (Wildman–Crippen LogP) is 2.30. The molecule has 130 valence electrons. The number of ether oxygens (including phenoxy) is 3. The van der Waals surface area contributed by atoms with E-state index in [2.05, 4.69) is 4.98 Å². The van der Waals surface area contributed by atoms with Gasteiger partial charge in [0.1, 0.15) is 5.69 Å². The van der Waals surface area contributed by atoms with Crippen LogP contribution in [0, 0.1) is 0 Å². The molecule has 0 amide bonds. The summed E-state index contributed by atoms with van der Waals surface area (Å²) >= 11 is 0. The molecule has 0 fully saturated rings. The molecule has 7 heteroatoms. The fourth-order valence-electron chi connectivity index (χ4n) is 2.68. The first-order valence-corrected chi connectivity index (χ1v) is 7.84. The summed E-state index contributed by atoms with van der Waals surface area (Å²) in [5.74, 6) is -0.130. The molecule has 0 spiro atoms. The first kappa shape index (κ1) is 15.9. The largest absolute Gasteiger partial charge is 0.454 e. The van der Waals surface area contributed by atoms with E-state index >= 15 is 0 Å². The topological polar surface area (TPSA) is 94.7 Å². The summed E-state index contributed by atoms with van der Waals surface area (Å²) in [6.07, 6.45) is 0. The number of aromatic nitrogens is 1. The van der Waals surface area contributed by atoms with E-state index in [4.69, 9.17) is 14.2 Å². The molecule has 0 saturated heterocycles. The van der Waals surface area contributed by atoms with Gasteiger partial charge in [0.15, 0.2) is 23.9 Å². The predicted molar refractivity (Wildman–Crippen MR) is 91.7 cm³/mol. The molecule has 0 radical (unpaired) electrons. The number of hydrogen-bond acceptors (Lipinski definition) is 6. The summed E-state index contributed by atoms with van der Waals surface area (Å²) in [4.78, 5) is 38.9. The van der Waals surface area contributed by atoms with Gasteiger partial charge in [-0.25, -0.2) is 4.79 Å². The van der Waals surface area contributed by atoms with Gasteiger partial charge in [0.25, 0.3) is 5.56 Å². The van der Waals surface area contributed by atoms with Crippen LogP contribution in [0.3, 0.4) is 0 Å². The van der Waals surface area contributed by atoms with Crippen molar-refractivity contribution in [3.05, 3.63) is 70.1 Å². The van der Waals surface area contributed by atoms with Gasteiger partial charge in [-0.1, -0.05) is 18.2 Å². The van der Waals surface area contributed by atoms with Crippen molar-refractivity contribution in [3.8, 4) is 11.5 Å². The fourth-order valence-corrected chi connectivity index (χ4v) is 2.68. The number of carbonyl (C=O) groups is 2. The number of esters is 1. The standard InChI is InChI=1S/C19H13NO6/c21-15(12-5-6-16-17(8-12)26-10-25-16)9-24-19(23)14-7-11-3-1-2-4-13(11)18(22)20-14/h1-8H,9-10H2,(H,20,22). The van der Waals surface area contributed by atoms with Crippen molar-refractivity contribution in [2.24, 2.45) is 0 Å². The highest BCUT2D eigenvalue weighted by Gasteiger charge is 2.18. The highest BCUT2D eigenvalue weighted by Crippen LogP contribution is 2.32. The Morgan fingerprint density at radius 1 is 1.04 bits per heavy atom. The third kappa shape index (κ3) is 2.90. The molecule has 0 saturated carbocycles. The van der Waals surface area contributed by atoms with Crippen LogP contribution in [0.1, 0.15) is 20.8 Å². The summed E-state index contributed by atoms with van der Waals surface area (Å²) in [6, 6.07) is 13.1. The lowest BCUT2D eigenvalue weighted by Gasteiger charge is -2.06. The van der Waals surface area contributed by atoms with Gasteiger partial charge < -0.3 is 19.2 Å². The first-order chi connectivity index (χ1) is 12.6. The summed E-state index contributed by atoms with van der Waals surface area (Å²) in [5.41, 5.74) is -0.0570. The van der Waals surface area contributed by atoms with Gasteiger partial charge in [-0.3, -0.25) is 9.59 Å². The maximum atomic E-state index is 12.2. The van der Waals surface area contributed by atoms with Gasteiger partial charge in [-0.15, -0.1) is 0 Å². The van der Waals surface area contributed by atoms with E-state index in [-0.39, 0.29) is 18.3 Å². The minimum Gasteiger partial charge on any atom is -0.454 e. The third-order valence-electron chi connectivity index (χ3n) is 4.00. The Morgan fingerprint density at radius 2 is 1.85 bits per heavy atom. The SMILES string of the molecule is O=C(COC(=O)c1cc2ccccc2c(=O)[nH]1)c1ccc2c(c1)OCO2. The molecule has 1 aliphatic rings. The molecule has 0 atom stereocenters. The zero-order chi connectivity index (χ0) is 18.1. The van der Waals surface area contributed by atoms with Gasteiger partial charge in [0.2, 0.25) is 6.79 Å². The Kier molecular flexibility index (Phi) is 3.89. The van der Waals surface area contributed by atoms with E-state index in [0.29, 0.717) is 27.8 Å². The molecule has 3 aromatic rings. The van der Waals surface area contributed by atoms with Gasteiger partial charge in [-0.05, 0) is 35.7 Å². The van der Waals surface area contributed by atoms with Crippen LogP contribution in [0.15, 0.2) is 53.3 Å². The average Bonchev–Trinajstić information content (AvgIpc) is 3.13. The lowest BCUT2D eigenvalue weighted by Crippen LogP contribution is -2.18. The molecule has 0 unspecified atom stereocenters. The van der Waals surface area contributed by atoms with Crippen molar-refractivity contribution in [2.75, 3.05) is 13.4 Å². The number of aromatic amines is 1. The number of rotatable bonds is 4. The monoisotopic (exact) mass is 351 g/mol. The van der Waals surface area contributed by atoms with Gasteiger partial charge in [0.05, 0.1) is 0 Å². The number of hydrogen-bond donors (Lipinski definition) is 1. The number of fused-ring (bicyclic) bond motifs is 2. The second kappa shape index (κ2) is 6.36. The maximum Gasteiger partial charge on any atom is 0.355 e. The first-order valence-electron chi connectivity index (χ1n) is 7.84. The second-order valence-electron chi connectivity index (χ2n) is 5.67. The van der Waals surface area contributed by atoms with E-state index in [1.165, 1.54) is 12.1 Å². The highest BCUT2D eigenvalue weighted by atomic mass is 16.7. The van der Waals surface area contributed by atoms with Crippen LogP contribution in [0.2, 0.25) is 0 Å². The molecule has 1 N–H and O–H groups in total. The van der Waals surface area contributed by atoms with E-state index in [1.54, 1.807) is 36.4 Å². The van der Waals surface area contributed by atoms with Crippen LogP contribution in [0.5, 0.6) is 11.5 Å². The smallest absolute Gasteiger partial charge is 0.355 e. The van der Waals surface area contributed by atoms with Crippen molar-refractivity contribution in [3.63, 3.8) is 0 Å². The highest BCUT2D eigenvalue weighted by molar-refractivity contribution is 6.00. The number of carbonyl (C=O) groups excluding carboxylic acids is 2. The van der Waals surface area contributed by atoms with Crippen LogP contribution in [-0.4, -0.2) is 30.1 Å². The number of ketones is 1. The Labute approximate surface area is 147 Å². The lowest BCUT2D eigenvalue weighted by atomic mass is 10.1. The van der Waals surface area contributed by atoms with E-state index in [9.17, 15) is 14.4 Å². The molecule has 1 aromatic heterocycles. The number of H-pyrrole nitrogens is 1. The van der Waals surface area contributed by atoms with Crippen LogP contribution < -0.4 is 15.0 Å². The number of Topliss-reactive ketones (excluding diaryl/α,β-unsaturated/α-hetero) is 1. The van der Waals surface area contributed by atoms with Crippen molar-refractivity contribution >= 4 is 22.5 Å². The Morgan fingerprint density at radius 3 is 2.73 bits per heavy atom.